The Morgan fingerprint density at radius 2 is 1.89 bits per heavy atom. The van der Waals surface area contributed by atoms with Crippen LogP contribution in [0.3, 0.4) is 0 Å². The zero-order valence-corrected chi connectivity index (χ0v) is 11.4. The van der Waals surface area contributed by atoms with Crippen LogP contribution in [0.2, 0.25) is 0 Å². The molecule has 0 saturated heterocycles. The van der Waals surface area contributed by atoms with Crippen LogP contribution >= 0.6 is 0 Å². The Balaban J connectivity index is 1.88. The third-order valence-electron chi connectivity index (χ3n) is 3.06. The number of nitrogens with one attached hydrogen (secondary N) is 1. The van der Waals surface area contributed by atoms with Gasteiger partial charge in [-0.25, -0.2) is 4.98 Å². The molecule has 1 aromatic heterocycles. The van der Waals surface area contributed by atoms with Crippen LogP contribution in [-0.2, 0) is 13.1 Å². The topological polar surface area (TPSA) is 29.9 Å². The molecule has 0 aliphatic heterocycles. The largest absolute Gasteiger partial charge is 0.331 e. The Hall–Kier alpha value is -1.61. The van der Waals surface area contributed by atoms with Crippen molar-refractivity contribution in [2.24, 2.45) is 0 Å². The van der Waals surface area contributed by atoms with Gasteiger partial charge in [0.2, 0.25) is 0 Å². The van der Waals surface area contributed by atoms with Gasteiger partial charge in [0.1, 0.15) is 0 Å². The molecular weight excluding hydrogens is 222 g/mol. The summed E-state index contributed by atoms with van der Waals surface area (Å²) in [6.45, 7) is 8.20. The molecule has 18 heavy (non-hydrogen) atoms. The lowest BCUT2D eigenvalue weighted by molar-refractivity contribution is 0.550. The van der Waals surface area contributed by atoms with Gasteiger partial charge < -0.3 is 9.88 Å². The highest BCUT2D eigenvalue weighted by Gasteiger charge is 2.04. The third-order valence-corrected chi connectivity index (χ3v) is 3.06. The van der Waals surface area contributed by atoms with E-state index >= 15 is 0 Å². The highest BCUT2D eigenvalue weighted by atomic mass is 15.1. The summed E-state index contributed by atoms with van der Waals surface area (Å²) in [5.74, 6) is 0. The SMILES string of the molecule is Cc1ccc(CNCc2cncn2C(C)C)cc1. The number of hydrogen-bond acceptors (Lipinski definition) is 2. The highest BCUT2D eigenvalue weighted by Crippen LogP contribution is 2.09. The average molecular weight is 243 g/mol. The number of benzene rings is 1. The van der Waals surface area contributed by atoms with Crippen LogP contribution in [0.5, 0.6) is 0 Å². The Morgan fingerprint density at radius 1 is 1.17 bits per heavy atom. The zero-order chi connectivity index (χ0) is 13.0. The molecule has 0 fully saturated rings. The molecule has 2 rings (SSSR count). The van der Waals surface area contributed by atoms with E-state index in [4.69, 9.17) is 0 Å². The van der Waals surface area contributed by atoms with E-state index in [1.807, 2.05) is 12.5 Å². The van der Waals surface area contributed by atoms with Crippen molar-refractivity contribution in [3.63, 3.8) is 0 Å². The van der Waals surface area contributed by atoms with E-state index in [0.29, 0.717) is 6.04 Å². The minimum absolute atomic E-state index is 0.462. The molecule has 0 saturated carbocycles. The Morgan fingerprint density at radius 3 is 2.56 bits per heavy atom. The van der Waals surface area contributed by atoms with E-state index in [1.54, 1.807) is 0 Å². The molecule has 3 heteroatoms. The molecular formula is C15H21N3. The van der Waals surface area contributed by atoms with Crippen molar-refractivity contribution in [2.75, 3.05) is 0 Å². The minimum Gasteiger partial charge on any atom is -0.331 e. The first-order chi connectivity index (χ1) is 8.66. The van der Waals surface area contributed by atoms with Crippen molar-refractivity contribution in [1.82, 2.24) is 14.9 Å². The molecule has 0 atom stereocenters. The molecule has 96 valence electrons. The normalized spacial score (nSPS) is 11.1. The number of aryl methyl sites for hydroxylation is 1. The van der Waals surface area contributed by atoms with Gasteiger partial charge in [0, 0.05) is 25.3 Å². The van der Waals surface area contributed by atoms with Gasteiger partial charge in [-0.2, -0.15) is 0 Å². The van der Waals surface area contributed by atoms with E-state index in [0.717, 1.165) is 13.1 Å². The molecule has 0 aliphatic carbocycles. The number of imidazole rings is 1. The van der Waals surface area contributed by atoms with Crippen LogP contribution in [0, 0.1) is 6.92 Å². The fourth-order valence-corrected chi connectivity index (χ4v) is 1.97. The number of aromatic nitrogens is 2. The molecule has 0 unspecified atom stereocenters. The van der Waals surface area contributed by atoms with E-state index in [9.17, 15) is 0 Å². The first-order valence-electron chi connectivity index (χ1n) is 6.44. The van der Waals surface area contributed by atoms with Gasteiger partial charge in [-0.15, -0.1) is 0 Å². The summed E-state index contributed by atoms with van der Waals surface area (Å²) in [5, 5.41) is 3.46. The fraction of sp³-hybridized carbons (Fsp3) is 0.400. The maximum atomic E-state index is 4.20. The molecule has 0 amide bonds. The van der Waals surface area contributed by atoms with Gasteiger partial charge in [0.05, 0.1) is 12.0 Å². The van der Waals surface area contributed by atoms with E-state index in [1.165, 1.54) is 16.8 Å². The van der Waals surface area contributed by atoms with E-state index in [2.05, 4.69) is 59.9 Å². The lowest BCUT2D eigenvalue weighted by Gasteiger charge is -2.12. The van der Waals surface area contributed by atoms with Crippen molar-refractivity contribution in [1.29, 1.82) is 0 Å². The Kier molecular flexibility index (Phi) is 4.15. The molecule has 1 aromatic carbocycles. The molecule has 1 heterocycles. The number of rotatable bonds is 5. The van der Waals surface area contributed by atoms with Crippen molar-refractivity contribution in [2.45, 2.75) is 39.9 Å². The summed E-state index contributed by atoms with van der Waals surface area (Å²) >= 11 is 0. The number of nitrogens with zero attached hydrogens (tertiary/aromatic N) is 2. The van der Waals surface area contributed by atoms with Gasteiger partial charge in [-0.3, -0.25) is 0 Å². The Labute approximate surface area is 109 Å². The summed E-state index contributed by atoms with van der Waals surface area (Å²) in [6, 6.07) is 9.10. The van der Waals surface area contributed by atoms with Crippen LogP contribution in [-0.4, -0.2) is 9.55 Å². The molecule has 3 nitrogen and oxygen atoms in total. The molecule has 0 bridgehead atoms. The van der Waals surface area contributed by atoms with Gasteiger partial charge >= 0.3 is 0 Å². The second-order valence-corrected chi connectivity index (χ2v) is 4.98. The standard InChI is InChI=1S/C15H21N3/c1-12(2)18-11-17-10-15(18)9-16-8-14-6-4-13(3)5-7-14/h4-7,10-12,16H,8-9H2,1-3H3. The summed E-state index contributed by atoms with van der Waals surface area (Å²) in [4.78, 5) is 4.20. The lowest BCUT2D eigenvalue weighted by Crippen LogP contribution is -2.16. The van der Waals surface area contributed by atoms with Crippen LogP contribution in [0.15, 0.2) is 36.8 Å². The quantitative estimate of drug-likeness (QED) is 0.874. The molecule has 1 N–H and O–H groups in total. The predicted octanol–water partition coefficient (Wildman–Crippen LogP) is 3.06. The van der Waals surface area contributed by atoms with Crippen LogP contribution in [0.25, 0.3) is 0 Å². The van der Waals surface area contributed by atoms with Crippen molar-refractivity contribution in [3.05, 3.63) is 53.6 Å². The van der Waals surface area contributed by atoms with E-state index < -0.39 is 0 Å². The second kappa shape index (κ2) is 5.83. The smallest absolute Gasteiger partial charge is 0.0951 e. The minimum atomic E-state index is 0.462. The van der Waals surface area contributed by atoms with Gasteiger partial charge in [-0.05, 0) is 26.3 Å². The van der Waals surface area contributed by atoms with Crippen molar-refractivity contribution < 1.29 is 0 Å². The molecule has 2 aromatic rings. The maximum Gasteiger partial charge on any atom is 0.0951 e. The highest BCUT2D eigenvalue weighted by molar-refractivity contribution is 5.21. The fourth-order valence-electron chi connectivity index (χ4n) is 1.97. The summed E-state index contributed by atoms with van der Waals surface area (Å²) < 4.78 is 2.20. The number of hydrogen-bond donors (Lipinski definition) is 1. The zero-order valence-electron chi connectivity index (χ0n) is 11.4. The second-order valence-electron chi connectivity index (χ2n) is 4.98. The average Bonchev–Trinajstić information content (AvgIpc) is 2.80. The predicted molar refractivity (Wildman–Crippen MR) is 74.3 cm³/mol. The van der Waals surface area contributed by atoms with Gasteiger partial charge in [0.25, 0.3) is 0 Å². The monoisotopic (exact) mass is 243 g/mol. The molecule has 0 radical (unpaired) electrons. The van der Waals surface area contributed by atoms with Crippen LogP contribution in [0.1, 0.15) is 36.7 Å². The lowest BCUT2D eigenvalue weighted by atomic mass is 10.1. The first-order valence-corrected chi connectivity index (χ1v) is 6.44. The van der Waals surface area contributed by atoms with Crippen LogP contribution in [0.4, 0.5) is 0 Å². The first kappa shape index (κ1) is 12.8. The summed E-state index contributed by atoms with van der Waals surface area (Å²) in [5.41, 5.74) is 3.85. The summed E-state index contributed by atoms with van der Waals surface area (Å²) in [6.07, 6.45) is 3.83. The molecule has 0 aliphatic rings. The van der Waals surface area contributed by atoms with Crippen molar-refractivity contribution in [3.8, 4) is 0 Å². The van der Waals surface area contributed by atoms with Crippen LogP contribution < -0.4 is 5.32 Å². The van der Waals surface area contributed by atoms with Gasteiger partial charge in [0.15, 0.2) is 0 Å². The van der Waals surface area contributed by atoms with Crippen molar-refractivity contribution >= 4 is 0 Å². The van der Waals surface area contributed by atoms with E-state index in [-0.39, 0.29) is 0 Å². The Bertz CT molecular complexity index is 483. The van der Waals surface area contributed by atoms with Gasteiger partial charge in [-0.1, -0.05) is 29.8 Å². The molecule has 0 spiro atoms. The third kappa shape index (κ3) is 3.20. The maximum absolute atomic E-state index is 4.20. The summed E-state index contributed by atoms with van der Waals surface area (Å²) in [7, 11) is 0.